The fourth-order valence-corrected chi connectivity index (χ4v) is 3.09. The second-order valence-corrected chi connectivity index (χ2v) is 7.45. The molecule has 4 aromatic rings. The van der Waals surface area contributed by atoms with Crippen molar-refractivity contribution in [2.45, 2.75) is 4.90 Å². The summed E-state index contributed by atoms with van der Waals surface area (Å²) in [4.78, 5) is 14.1. The Hall–Kier alpha value is -3.70. The zero-order valence-corrected chi connectivity index (χ0v) is 15.2. The summed E-state index contributed by atoms with van der Waals surface area (Å²) in [6.07, 6.45) is 1.84. The molecule has 0 aliphatic heterocycles. The number of aromatic amines is 2. The van der Waals surface area contributed by atoms with Crippen LogP contribution in [0.1, 0.15) is 0 Å². The van der Waals surface area contributed by atoms with Gasteiger partial charge < -0.3 is 15.5 Å². The summed E-state index contributed by atoms with van der Waals surface area (Å²) in [6.45, 7) is 0. The monoisotopic (exact) mass is 398 g/mol. The van der Waals surface area contributed by atoms with Crippen LogP contribution in [0.4, 0.5) is 17.6 Å². The number of hydrogen-bond acceptors (Lipinski definition) is 7. The lowest BCUT2D eigenvalue weighted by Crippen LogP contribution is -2.18. The number of nitrogens with two attached hydrogens (primary N) is 2. The first kappa shape index (κ1) is 17.7. The van der Waals surface area contributed by atoms with E-state index >= 15 is 0 Å². The lowest BCUT2D eigenvalue weighted by Gasteiger charge is -2.04. The lowest BCUT2D eigenvalue weighted by molar-refractivity contribution is -0.383. The van der Waals surface area contributed by atoms with Crippen molar-refractivity contribution in [1.29, 1.82) is 0 Å². The summed E-state index contributed by atoms with van der Waals surface area (Å²) in [5.74, 6) is 0.846. The molecule has 0 aliphatic rings. The average Bonchev–Trinajstić information content (AvgIpc) is 3.08. The number of hydrogen-bond donors (Lipinski definition) is 4. The Morgan fingerprint density at radius 2 is 1.86 bits per heavy atom. The number of anilines is 3. The van der Waals surface area contributed by atoms with Gasteiger partial charge in [0.15, 0.2) is 0 Å². The van der Waals surface area contributed by atoms with Crippen molar-refractivity contribution in [2.75, 3.05) is 11.1 Å². The number of nitrogens with one attached hydrogen (secondary N) is 3. The van der Waals surface area contributed by atoms with Crippen LogP contribution in [0.5, 0.6) is 11.8 Å². The molecule has 2 aromatic carbocycles. The first-order valence-corrected chi connectivity index (χ1v) is 9.63. The lowest BCUT2D eigenvalue weighted by atomic mass is 10.2. The Bertz CT molecular complexity index is 1250. The van der Waals surface area contributed by atoms with Gasteiger partial charge in [-0.3, -0.25) is 5.32 Å². The van der Waals surface area contributed by atoms with Crippen molar-refractivity contribution in [1.82, 2.24) is 15.0 Å². The molecule has 0 spiro atoms. The van der Waals surface area contributed by atoms with Gasteiger partial charge in [0.2, 0.25) is 10.0 Å². The van der Waals surface area contributed by atoms with Crippen LogP contribution in [0.15, 0.2) is 59.6 Å². The predicted molar refractivity (Wildman–Crippen MR) is 102 cm³/mol. The van der Waals surface area contributed by atoms with Crippen LogP contribution < -0.4 is 25.9 Å². The van der Waals surface area contributed by atoms with E-state index in [1.807, 2.05) is 24.4 Å². The molecule has 0 fully saturated rings. The highest BCUT2D eigenvalue weighted by Gasteiger charge is 2.15. The zero-order valence-electron chi connectivity index (χ0n) is 14.4. The van der Waals surface area contributed by atoms with E-state index < -0.39 is 10.0 Å². The molecule has 2 aromatic heterocycles. The van der Waals surface area contributed by atoms with E-state index in [-0.39, 0.29) is 22.8 Å². The Morgan fingerprint density at radius 1 is 1.07 bits per heavy atom. The third-order valence-electron chi connectivity index (χ3n) is 3.85. The summed E-state index contributed by atoms with van der Waals surface area (Å²) in [7, 11) is -3.76. The molecular weight excluding hydrogens is 382 g/mol. The van der Waals surface area contributed by atoms with Crippen molar-refractivity contribution in [2.24, 2.45) is 5.14 Å². The van der Waals surface area contributed by atoms with Crippen LogP contribution >= 0.6 is 0 Å². The Labute approximate surface area is 159 Å². The quantitative estimate of drug-likeness (QED) is 0.396. The van der Waals surface area contributed by atoms with Gasteiger partial charge >= 0.3 is 17.9 Å². The van der Waals surface area contributed by atoms with E-state index in [0.717, 1.165) is 10.9 Å². The molecule has 142 valence electrons. The molecule has 0 aliphatic carbocycles. The Morgan fingerprint density at radius 3 is 2.61 bits per heavy atom. The minimum absolute atomic E-state index is 0.000119. The third kappa shape index (κ3) is 3.84. The molecule has 10 nitrogen and oxygen atoms in total. The van der Waals surface area contributed by atoms with Gasteiger partial charge in [0.05, 0.1) is 10.6 Å². The van der Waals surface area contributed by atoms with Gasteiger partial charge in [-0.25, -0.2) is 18.5 Å². The van der Waals surface area contributed by atoms with Crippen LogP contribution in [0.2, 0.25) is 0 Å². The number of ether oxygens (including phenoxy) is 1. The molecule has 7 N–H and O–H groups in total. The summed E-state index contributed by atoms with van der Waals surface area (Å²) < 4.78 is 28.4. The maximum Gasteiger partial charge on any atom is 0.409 e. The van der Waals surface area contributed by atoms with Crippen LogP contribution in [0.25, 0.3) is 10.9 Å². The second kappa shape index (κ2) is 6.79. The van der Waals surface area contributed by atoms with Crippen LogP contribution in [0, 0.1) is 0 Å². The fourth-order valence-electron chi connectivity index (χ4n) is 2.58. The number of nitrogen functional groups attached to an aromatic ring is 1. The van der Waals surface area contributed by atoms with E-state index in [0.29, 0.717) is 11.4 Å². The minimum atomic E-state index is -3.76. The molecule has 0 unspecified atom stereocenters. The maximum absolute atomic E-state index is 11.3. The fraction of sp³-hybridized carbons (Fsp3) is 0. The molecule has 4 rings (SSSR count). The first-order chi connectivity index (χ1) is 13.4. The molecule has 0 saturated carbocycles. The van der Waals surface area contributed by atoms with Crippen molar-refractivity contribution in [3.05, 3.63) is 54.7 Å². The van der Waals surface area contributed by atoms with Crippen molar-refractivity contribution in [3.63, 3.8) is 0 Å². The molecule has 0 amide bonds. The molecular formula is C17H16N7O3S+. The van der Waals surface area contributed by atoms with Gasteiger partial charge in [0.1, 0.15) is 5.75 Å². The highest BCUT2D eigenvalue weighted by atomic mass is 32.2. The summed E-state index contributed by atoms with van der Waals surface area (Å²) in [5, 5.41) is 9.05. The highest BCUT2D eigenvalue weighted by molar-refractivity contribution is 7.89. The summed E-state index contributed by atoms with van der Waals surface area (Å²) in [6, 6.07) is 13.5. The predicted octanol–water partition coefficient (Wildman–Crippen LogP) is 1.54. The molecule has 0 saturated heterocycles. The third-order valence-corrected chi connectivity index (χ3v) is 4.78. The Balaban J connectivity index is 1.56. The number of sulfonamides is 1. The SMILES string of the molecule is Nc1nc(Nc2ccc(S(N)(=O)=O)cc2)[nH+]c(Oc2ccc3[nH]ccc3c2)n1. The normalized spacial score (nSPS) is 11.5. The second-order valence-electron chi connectivity index (χ2n) is 5.88. The van der Waals surface area contributed by atoms with Gasteiger partial charge in [-0.1, -0.05) is 4.98 Å². The number of nitrogens with zero attached hydrogens (tertiary/aromatic N) is 2. The van der Waals surface area contributed by atoms with Gasteiger partial charge in [-0.2, -0.15) is 0 Å². The van der Waals surface area contributed by atoms with Gasteiger partial charge in [0, 0.05) is 17.1 Å². The summed E-state index contributed by atoms with van der Waals surface area (Å²) >= 11 is 0. The van der Waals surface area contributed by atoms with Crippen LogP contribution in [-0.2, 0) is 10.0 Å². The van der Waals surface area contributed by atoms with Crippen molar-refractivity contribution >= 4 is 38.5 Å². The van der Waals surface area contributed by atoms with Gasteiger partial charge in [-0.15, -0.1) is 0 Å². The number of fused-ring (bicyclic) bond motifs is 1. The van der Waals surface area contributed by atoms with E-state index in [4.69, 9.17) is 15.6 Å². The van der Waals surface area contributed by atoms with Crippen LogP contribution in [-0.4, -0.2) is 23.4 Å². The topological polar surface area (TPSA) is 163 Å². The Kier molecular flexibility index (Phi) is 4.29. The van der Waals surface area contributed by atoms with E-state index in [2.05, 4.69) is 25.3 Å². The number of H-pyrrole nitrogens is 2. The standard InChI is InChI=1S/C17H15N7O3S/c18-15-22-16(21-11-1-4-13(5-2-11)28(19,25)26)24-17(23-15)27-12-3-6-14-10(9-12)7-8-20-14/h1-9,20H,(H2,19,25,26)(H3,18,21,22,23,24)/p+1. The molecule has 0 radical (unpaired) electrons. The summed E-state index contributed by atoms with van der Waals surface area (Å²) in [5.41, 5.74) is 7.32. The highest BCUT2D eigenvalue weighted by Crippen LogP contribution is 2.23. The number of benzene rings is 2. The van der Waals surface area contributed by atoms with Crippen molar-refractivity contribution < 1.29 is 18.1 Å². The number of aromatic nitrogens is 4. The molecule has 11 heteroatoms. The average molecular weight is 398 g/mol. The molecule has 28 heavy (non-hydrogen) atoms. The maximum atomic E-state index is 11.3. The molecule has 0 atom stereocenters. The van der Waals surface area contributed by atoms with Crippen LogP contribution in [0.3, 0.4) is 0 Å². The zero-order chi connectivity index (χ0) is 19.7. The van der Waals surface area contributed by atoms with Crippen molar-refractivity contribution in [3.8, 4) is 11.8 Å². The van der Waals surface area contributed by atoms with E-state index in [9.17, 15) is 8.42 Å². The number of rotatable bonds is 5. The van der Waals surface area contributed by atoms with Gasteiger partial charge in [0.25, 0.3) is 0 Å². The number of primary sulfonamides is 1. The molecule has 2 heterocycles. The minimum Gasteiger partial charge on any atom is -0.408 e. The van der Waals surface area contributed by atoms with E-state index in [1.54, 1.807) is 18.2 Å². The largest absolute Gasteiger partial charge is 0.409 e. The first-order valence-electron chi connectivity index (χ1n) is 8.08. The van der Waals surface area contributed by atoms with E-state index in [1.165, 1.54) is 12.1 Å². The molecule has 0 bridgehead atoms. The smallest absolute Gasteiger partial charge is 0.408 e. The van der Waals surface area contributed by atoms with Gasteiger partial charge in [-0.05, 0) is 53.5 Å².